The maximum absolute atomic E-state index is 12.1. The van der Waals surface area contributed by atoms with Crippen LogP contribution in [0, 0.1) is 0 Å². The summed E-state index contributed by atoms with van der Waals surface area (Å²) in [5.74, 6) is -2.00. The molecule has 0 saturated carbocycles. The fourth-order valence-electron chi connectivity index (χ4n) is 1.67. The summed E-state index contributed by atoms with van der Waals surface area (Å²) in [7, 11) is 0. The smallest absolute Gasteiger partial charge is 0.391 e. The SMILES string of the molecule is C[C@]1(NC(=O)C(F)(F)F)CCNCC[C@@H]1O. The minimum atomic E-state index is -4.91. The van der Waals surface area contributed by atoms with E-state index in [9.17, 15) is 23.1 Å². The molecule has 1 fully saturated rings. The number of hydrogen-bond acceptors (Lipinski definition) is 3. The first-order valence-corrected chi connectivity index (χ1v) is 5.04. The predicted octanol–water partition coefficient (Wildman–Crippen LogP) is 0.168. The molecule has 1 rings (SSSR count). The topological polar surface area (TPSA) is 61.4 Å². The maximum atomic E-state index is 12.1. The largest absolute Gasteiger partial charge is 0.471 e. The van der Waals surface area contributed by atoms with Crippen LogP contribution in [0.5, 0.6) is 0 Å². The summed E-state index contributed by atoms with van der Waals surface area (Å²) < 4.78 is 36.3. The second-order valence-corrected chi connectivity index (χ2v) is 4.17. The third-order valence-electron chi connectivity index (χ3n) is 2.81. The molecule has 16 heavy (non-hydrogen) atoms. The highest BCUT2D eigenvalue weighted by molar-refractivity contribution is 5.82. The summed E-state index contributed by atoms with van der Waals surface area (Å²) >= 11 is 0. The van der Waals surface area contributed by atoms with Crippen molar-refractivity contribution in [1.29, 1.82) is 0 Å². The zero-order valence-electron chi connectivity index (χ0n) is 8.90. The van der Waals surface area contributed by atoms with Crippen molar-refractivity contribution in [3.8, 4) is 0 Å². The molecule has 0 bridgehead atoms. The normalized spacial score (nSPS) is 31.9. The molecule has 0 aromatic rings. The van der Waals surface area contributed by atoms with Crippen molar-refractivity contribution in [3.05, 3.63) is 0 Å². The van der Waals surface area contributed by atoms with Crippen LogP contribution in [0.4, 0.5) is 13.2 Å². The first kappa shape index (κ1) is 13.2. The van der Waals surface area contributed by atoms with E-state index in [0.29, 0.717) is 19.5 Å². The van der Waals surface area contributed by atoms with Gasteiger partial charge in [0.15, 0.2) is 0 Å². The fraction of sp³-hybridized carbons (Fsp3) is 0.889. The Balaban J connectivity index is 2.72. The van der Waals surface area contributed by atoms with Crippen molar-refractivity contribution < 1.29 is 23.1 Å². The summed E-state index contributed by atoms with van der Waals surface area (Å²) in [4.78, 5) is 10.8. The Labute approximate surface area is 91.2 Å². The van der Waals surface area contributed by atoms with Crippen LogP contribution in [-0.2, 0) is 4.79 Å². The van der Waals surface area contributed by atoms with E-state index in [4.69, 9.17) is 0 Å². The minimum absolute atomic E-state index is 0.260. The van der Waals surface area contributed by atoms with Gasteiger partial charge in [0.1, 0.15) is 0 Å². The first-order valence-electron chi connectivity index (χ1n) is 5.04. The average Bonchev–Trinajstić information content (AvgIpc) is 2.29. The van der Waals surface area contributed by atoms with Gasteiger partial charge < -0.3 is 15.7 Å². The first-order chi connectivity index (χ1) is 7.26. The van der Waals surface area contributed by atoms with Crippen molar-refractivity contribution in [3.63, 3.8) is 0 Å². The Kier molecular flexibility index (Phi) is 3.80. The van der Waals surface area contributed by atoms with Gasteiger partial charge in [0.25, 0.3) is 0 Å². The summed E-state index contributed by atoms with van der Waals surface area (Å²) in [6, 6.07) is 0. The monoisotopic (exact) mass is 240 g/mol. The number of halogens is 3. The Hall–Kier alpha value is -0.820. The highest BCUT2D eigenvalue weighted by Gasteiger charge is 2.44. The predicted molar refractivity (Wildman–Crippen MR) is 50.7 cm³/mol. The van der Waals surface area contributed by atoms with E-state index in [1.54, 1.807) is 0 Å². The molecule has 4 nitrogen and oxygen atoms in total. The number of rotatable bonds is 1. The van der Waals surface area contributed by atoms with Crippen molar-refractivity contribution in [2.24, 2.45) is 0 Å². The van der Waals surface area contributed by atoms with E-state index in [1.165, 1.54) is 6.92 Å². The zero-order valence-corrected chi connectivity index (χ0v) is 8.90. The van der Waals surface area contributed by atoms with E-state index >= 15 is 0 Å². The molecular weight excluding hydrogens is 225 g/mol. The van der Waals surface area contributed by atoms with Crippen molar-refractivity contribution >= 4 is 5.91 Å². The molecule has 0 aromatic carbocycles. The van der Waals surface area contributed by atoms with E-state index in [0.717, 1.165) is 0 Å². The van der Waals surface area contributed by atoms with Crippen LogP contribution in [0.15, 0.2) is 0 Å². The van der Waals surface area contributed by atoms with Crippen LogP contribution in [-0.4, -0.2) is 41.9 Å². The number of nitrogens with one attached hydrogen (secondary N) is 2. The lowest BCUT2D eigenvalue weighted by Crippen LogP contribution is -2.57. The van der Waals surface area contributed by atoms with Gasteiger partial charge in [-0.15, -0.1) is 0 Å². The maximum Gasteiger partial charge on any atom is 0.471 e. The number of aliphatic hydroxyl groups is 1. The average molecular weight is 240 g/mol. The lowest BCUT2D eigenvalue weighted by molar-refractivity contribution is -0.177. The molecule has 1 saturated heterocycles. The molecule has 0 aliphatic carbocycles. The van der Waals surface area contributed by atoms with Crippen LogP contribution in [0.3, 0.4) is 0 Å². The number of aliphatic hydroxyl groups excluding tert-OH is 1. The van der Waals surface area contributed by atoms with E-state index in [1.807, 2.05) is 5.32 Å². The Morgan fingerprint density at radius 2 is 2.12 bits per heavy atom. The van der Waals surface area contributed by atoms with Gasteiger partial charge in [-0.1, -0.05) is 0 Å². The summed E-state index contributed by atoms with van der Waals surface area (Å²) in [5.41, 5.74) is -1.23. The molecule has 0 unspecified atom stereocenters. The van der Waals surface area contributed by atoms with E-state index in [2.05, 4.69) is 5.32 Å². The summed E-state index contributed by atoms with van der Waals surface area (Å²) in [6.45, 7) is 2.42. The highest BCUT2D eigenvalue weighted by Crippen LogP contribution is 2.23. The highest BCUT2D eigenvalue weighted by atomic mass is 19.4. The van der Waals surface area contributed by atoms with E-state index in [-0.39, 0.29) is 6.42 Å². The third-order valence-corrected chi connectivity index (χ3v) is 2.81. The standard InChI is InChI=1S/C9H15F3N2O2/c1-8(14-7(16)9(10,11)12)3-5-13-4-2-6(8)15/h6,13,15H,2-5H2,1H3,(H,14,16)/t6-,8-/m0/s1. The van der Waals surface area contributed by atoms with Gasteiger partial charge in [0.2, 0.25) is 0 Å². The number of alkyl halides is 3. The molecule has 2 atom stereocenters. The molecule has 0 radical (unpaired) electrons. The number of amides is 1. The Morgan fingerprint density at radius 1 is 1.50 bits per heavy atom. The molecule has 7 heteroatoms. The number of carbonyl (C=O) groups excluding carboxylic acids is 1. The molecule has 1 aliphatic rings. The van der Waals surface area contributed by atoms with Crippen LogP contribution < -0.4 is 10.6 Å². The van der Waals surface area contributed by atoms with Crippen molar-refractivity contribution in [2.45, 2.75) is 37.6 Å². The molecule has 3 N–H and O–H groups in total. The van der Waals surface area contributed by atoms with Crippen LogP contribution in [0.25, 0.3) is 0 Å². The second-order valence-electron chi connectivity index (χ2n) is 4.17. The Morgan fingerprint density at radius 3 is 2.69 bits per heavy atom. The quantitative estimate of drug-likeness (QED) is 0.612. The van der Waals surface area contributed by atoms with Gasteiger partial charge in [-0.05, 0) is 32.9 Å². The number of hydrogen-bond donors (Lipinski definition) is 3. The van der Waals surface area contributed by atoms with Crippen molar-refractivity contribution in [2.75, 3.05) is 13.1 Å². The van der Waals surface area contributed by atoms with E-state index < -0.39 is 23.7 Å². The van der Waals surface area contributed by atoms with Gasteiger partial charge in [-0.25, -0.2) is 0 Å². The second kappa shape index (κ2) is 4.58. The molecule has 0 spiro atoms. The van der Waals surface area contributed by atoms with Gasteiger partial charge in [-0.2, -0.15) is 13.2 Å². The lowest BCUT2D eigenvalue weighted by atomic mass is 9.90. The van der Waals surface area contributed by atoms with Gasteiger partial charge in [-0.3, -0.25) is 4.79 Å². The molecule has 0 aromatic heterocycles. The summed E-state index contributed by atoms with van der Waals surface area (Å²) in [5, 5.41) is 14.5. The van der Waals surface area contributed by atoms with Gasteiger partial charge in [0, 0.05) is 0 Å². The minimum Gasteiger partial charge on any atom is -0.391 e. The van der Waals surface area contributed by atoms with Crippen LogP contribution in [0.1, 0.15) is 19.8 Å². The molecular formula is C9H15F3N2O2. The van der Waals surface area contributed by atoms with Crippen LogP contribution >= 0.6 is 0 Å². The Bertz CT molecular complexity index is 270. The number of carbonyl (C=O) groups is 1. The molecule has 1 amide bonds. The molecule has 94 valence electrons. The van der Waals surface area contributed by atoms with Gasteiger partial charge in [0.05, 0.1) is 11.6 Å². The summed E-state index contributed by atoms with van der Waals surface area (Å²) in [6.07, 6.45) is -5.32. The van der Waals surface area contributed by atoms with Gasteiger partial charge >= 0.3 is 12.1 Å². The lowest BCUT2D eigenvalue weighted by Gasteiger charge is -2.34. The molecule has 1 aliphatic heterocycles. The van der Waals surface area contributed by atoms with Crippen molar-refractivity contribution in [1.82, 2.24) is 10.6 Å². The molecule has 1 heterocycles. The zero-order chi connectivity index (χ0) is 12.4. The fourth-order valence-corrected chi connectivity index (χ4v) is 1.67. The third kappa shape index (κ3) is 3.08. The van der Waals surface area contributed by atoms with Crippen LogP contribution in [0.2, 0.25) is 0 Å².